The monoisotopic (exact) mass is 257 g/mol. The average molecular weight is 257 g/mol. The first-order valence-electron chi connectivity index (χ1n) is 5.06. The van der Waals surface area contributed by atoms with Crippen LogP contribution < -0.4 is 5.32 Å². The van der Waals surface area contributed by atoms with Crippen LogP contribution in [0.1, 0.15) is 20.1 Å². The number of nitrogens with one attached hydrogen (secondary N) is 1. The summed E-state index contributed by atoms with van der Waals surface area (Å²) in [6.45, 7) is 3.25. The van der Waals surface area contributed by atoms with Gasteiger partial charge in [-0.1, -0.05) is 0 Å². The van der Waals surface area contributed by atoms with Crippen molar-refractivity contribution in [3.8, 4) is 0 Å². The molecule has 94 valence electrons. The number of carbonyl (C=O) groups is 2. The van der Waals surface area contributed by atoms with Gasteiger partial charge < -0.3 is 15.2 Å². The van der Waals surface area contributed by atoms with E-state index in [-0.39, 0.29) is 5.91 Å². The summed E-state index contributed by atoms with van der Waals surface area (Å²) in [5.41, 5.74) is 0.523. The molecular formula is C11H15NO4S. The number of thiophene rings is 1. The van der Waals surface area contributed by atoms with Crippen LogP contribution in [0, 0.1) is 13.8 Å². The van der Waals surface area contributed by atoms with Gasteiger partial charge in [0.15, 0.2) is 6.04 Å². The van der Waals surface area contributed by atoms with E-state index in [0.717, 1.165) is 9.75 Å². The topological polar surface area (TPSA) is 75.6 Å². The predicted molar refractivity (Wildman–Crippen MR) is 64.1 cm³/mol. The van der Waals surface area contributed by atoms with Crippen LogP contribution in [0.5, 0.6) is 0 Å². The van der Waals surface area contributed by atoms with E-state index < -0.39 is 18.6 Å². The summed E-state index contributed by atoms with van der Waals surface area (Å²) >= 11 is 1.51. The van der Waals surface area contributed by atoms with E-state index in [1.807, 2.05) is 13.8 Å². The maximum atomic E-state index is 11.8. The third-order valence-corrected chi connectivity index (χ3v) is 3.23. The van der Waals surface area contributed by atoms with Gasteiger partial charge in [-0.2, -0.15) is 0 Å². The largest absolute Gasteiger partial charge is 0.467 e. The number of aryl methyl sites for hydroxylation is 2. The Balaban J connectivity index is 2.78. The Bertz CT molecular complexity index is 427. The van der Waals surface area contributed by atoms with Crippen LogP contribution >= 0.6 is 11.3 Å². The first-order valence-corrected chi connectivity index (χ1v) is 5.87. The van der Waals surface area contributed by atoms with E-state index in [2.05, 4.69) is 10.1 Å². The summed E-state index contributed by atoms with van der Waals surface area (Å²) in [5, 5.41) is 11.4. The Morgan fingerprint density at radius 2 is 2.18 bits per heavy atom. The number of methoxy groups -OCH3 is 1. The fraction of sp³-hybridized carbons (Fsp3) is 0.455. The number of aliphatic hydroxyl groups is 1. The van der Waals surface area contributed by atoms with Gasteiger partial charge in [-0.05, 0) is 19.9 Å². The fourth-order valence-electron chi connectivity index (χ4n) is 1.41. The smallest absolute Gasteiger partial charge is 0.330 e. The number of carbonyl (C=O) groups excluding carboxylic acids is 2. The number of amides is 1. The highest BCUT2D eigenvalue weighted by Gasteiger charge is 2.22. The molecule has 0 aliphatic carbocycles. The molecule has 6 heteroatoms. The second-order valence-electron chi connectivity index (χ2n) is 3.56. The number of hydrogen-bond donors (Lipinski definition) is 2. The van der Waals surface area contributed by atoms with Gasteiger partial charge in [0, 0.05) is 9.75 Å². The van der Waals surface area contributed by atoms with E-state index in [9.17, 15) is 9.59 Å². The Kier molecular flexibility index (Phi) is 4.65. The molecule has 1 aromatic heterocycles. The Morgan fingerprint density at radius 1 is 1.53 bits per heavy atom. The predicted octanol–water partition coefficient (Wildman–Crippen LogP) is 0.629. The molecular weight excluding hydrogens is 242 g/mol. The van der Waals surface area contributed by atoms with E-state index in [1.165, 1.54) is 18.4 Å². The molecule has 0 saturated carbocycles. The lowest BCUT2D eigenvalue weighted by molar-refractivity contribution is -0.143. The van der Waals surface area contributed by atoms with Crippen LogP contribution in [-0.4, -0.2) is 36.7 Å². The van der Waals surface area contributed by atoms with Gasteiger partial charge in [0.25, 0.3) is 5.91 Å². The van der Waals surface area contributed by atoms with Crippen molar-refractivity contribution in [3.63, 3.8) is 0 Å². The minimum Gasteiger partial charge on any atom is -0.467 e. The van der Waals surface area contributed by atoms with Gasteiger partial charge >= 0.3 is 5.97 Å². The molecule has 0 bridgehead atoms. The minimum absolute atomic E-state index is 0.378. The maximum Gasteiger partial charge on any atom is 0.330 e. The second-order valence-corrected chi connectivity index (χ2v) is 5.02. The lowest BCUT2D eigenvalue weighted by atomic mass is 10.2. The third-order valence-electron chi connectivity index (χ3n) is 2.26. The third kappa shape index (κ3) is 3.28. The SMILES string of the molecule is COC(=O)C(CO)NC(=O)c1cc(C)sc1C. The van der Waals surface area contributed by atoms with Crippen LogP contribution in [0.3, 0.4) is 0 Å². The minimum atomic E-state index is -1.02. The van der Waals surface area contributed by atoms with Gasteiger partial charge in [0.05, 0.1) is 19.3 Å². The van der Waals surface area contributed by atoms with Crippen molar-refractivity contribution in [2.45, 2.75) is 19.9 Å². The zero-order valence-corrected chi connectivity index (χ0v) is 10.8. The number of aliphatic hydroxyl groups excluding tert-OH is 1. The van der Waals surface area contributed by atoms with Gasteiger partial charge in [0.1, 0.15) is 0 Å². The van der Waals surface area contributed by atoms with Crippen molar-refractivity contribution in [2.24, 2.45) is 0 Å². The molecule has 0 aliphatic heterocycles. The van der Waals surface area contributed by atoms with E-state index in [1.54, 1.807) is 6.07 Å². The standard InChI is InChI=1S/C11H15NO4S/c1-6-4-8(7(2)17-6)10(14)12-9(5-13)11(15)16-3/h4,9,13H,5H2,1-3H3,(H,12,14). The first-order chi connectivity index (χ1) is 7.99. The highest BCUT2D eigenvalue weighted by molar-refractivity contribution is 7.12. The lowest BCUT2D eigenvalue weighted by Gasteiger charge is -2.13. The number of hydrogen-bond acceptors (Lipinski definition) is 5. The summed E-state index contributed by atoms with van der Waals surface area (Å²) in [5.74, 6) is -1.04. The summed E-state index contributed by atoms with van der Waals surface area (Å²) in [6, 6.07) is 0.730. The summed E-state index contributed by atoms with van der Waals surface area (Å²) in [4.78, 5) is 24.9. The molecule has 0 spiro atoms. The van der Waals surface area contributed by atoms with Crippen LogP contribution in [0.2, 0.25) is 0 Å². The molecule has 2 N–H and O–H groups in total. The van der Waals surface area contributed by atoms with E-state index in [0.29, 0.717) is 5.56 Å². The van der Waals surface area contributed by atoms with Crippen LogP contribution in [-0.2, 0) is 9.53 Å². The first kappa shape index (κ1) is 13.7. The zero-order chi connectivity index (χ0) is 13.0. The van der Waals surface area contributed by atoms with Crippen LogP contribution in [0.4, 0.5) is 0 Å². The lowest BCUT2D eigenvalue weighted by Crippen LogP contribution is -2.44. The van der Waals surface area contributed by atoms with Crippen molar-refractivity contribution in [1.82, 2.24) is 5.32 Å². The van der Waals surface area contributed by atoms with Gasteiger partial charge in [0.2, 0.25) is 0 Å². The summed E-state index contributed by atoms with van der Waals surface area (Å²) < 4.78 is 4.46. The number of esters is 1. The molecule has 0 aliphatic rings. The molecule has 1 heterocycles. The van der Waals surface area contributed by atoms with Gasteiger partial charge in [-0.3, -0.25) is 4.79 Å². The fourth-order valence-corrected chi connectivity index (χ4v) is 2.33. The number of ether oxygens (including phenoxy) is 1. The highest BCUT2D eigenvalue weighted by atomic mass is 32.1. The molecule has 1 amide bonds. The molecule has 5 nitrogen and oxygen atoms in total. The van der Waals surface area contributed by atoms with Crippen molar-refractivity contribution in [3.05, 3.63) is 21.4 Å². The molecule has 1 rings (SSSR count). The summed E-state index contributed by atoms with van der Waals surface area (Å²) in [7, 11) is 1.21. The molecule has 1 aromatic rings. The molecule has 0 fully saturated rings. The van der Waals surface area contributed by atoms with Crippen LogP contribution in [0.25, 0.3) is 0 Å². The molecule has 1 unspecified atom stereocenters. The maximum absolute atomic E-state index is 11.8. The normalized spacial score (nSPS) is 12.0. The average Bonchev–Trinajstić information content (AvgIpc) is 2.64. The molecule has 0 aromatic carbocycles. The van der Waals surface area contributed by atoms with Crippen LogP contribution in [0.15, 0.2) is 6.07 Å². The van der Waals surface area contributed by atoms with Crippen molar-refractivity contribution < 1.29 is 19.4 Å². The Labute approximate surface area is 103 Å². The molecule has 1 atom stereocenters. The quantitative estimate of drug-likeness (QED) is 0.776. The van der Waals surface area contributed by atoms with E-state index >= 15 is 0 Å². The Hall–Kier alpha value is -1.40. The van der Waals surface area contributed by atoms with Crippen molar-refractivity contribution >= 4 is 23.2 Å². The molecule has 0 saturated heterocycles. The Morgan fingerprint density at radius 3 is 2.59 bits per heavy atom. The summed E-state index contributed by atoms with van der Waals surface area (Å²) in [6.07, 6.45) is 0. The number of rotatable bonds is 4. The van der Waals surface area contributed by atoms with Gasteiger partial charge in [-0.25, -0.2) is 4.79 Å². The second kappa shape index (κ2) is 5.79. The molecule has 0 radical (unpaired) electrons. The highest BCUT2D eigenvalue weighted by Crippen LogP contribution is 2.20. The van der Waals surface area contributed by atoms with Crippen molar-refractivity contribution in [1.29, 1.82) is 0 Å². The van der Waals surface area contributed by atoms with E-state index in [4.69, 9.17) is 5.11 Å². The van der Waals surface area contributed by atoms with Gasteiger partial charge in [-0.15, -0.1) is 11.3 Å². The van der Waals surface area contributed by atoms with Crippen molar-refractivity contribution in [2.75, 3.05) is 13.7 Å². The zero-order valence-electron chi connectivity index (χ0n) is 9.94. The molecule has 17 heavy (non-hydrogen) atoms.